The largest absolute Gasteiger partial charge is 0.458 e. The van der Waals surface area contributed by atoms with Crippen molar-refractivity contribution in [2.45, 2.75) is 51.0 Å². The molecule has 4 rings (SSSR count). The molecule has 29 heavy (non-hydrogen) atoms. The molecule has 2 fully saturated rings. The number of esters is 1. The van der Waals surface area contributed by atoms with Gasteiger partial charge in [0.2, 0.25) is 0 Å². The van der Waals surface area contributed by atoms with Gasteiger partial charge in [0.05, 0.1) is 12.5 Å². The smallest absolute Gasteiger partial charge is 0.411 e. The number of cyclic esters (lactones) is 2. The number of carbonyl (C=O) groups is 2. The van der Waals surface area contributed by atoms with Gasteiger partial charge in [-0.1, -0.05) is 66.2 Å². The maximum Gasteiger partial charge on any atom is 0.411 e. The number of nitrogens with zero attached hydrogens (tertiary/aromatic N) is 1. The van der Waals surface area contributed by atoms with Gasteiger partial charge < -0.3 is 9.47 Å². The molecule has 4 atom stereocenters. The molecule has 0 spiro atoms. The first-order chi connectivity index (χ1) is 14.0. The Kier molecular flexibility index (Phi) is 5.38. The fraction of sp³-hybridized carbons (Fsp3) is 0.333. The lowest BCUT2D eigenvalue weighted by Gasteiger charge is -2.36. The zero-order valence-corrected chi connectivity index (χ0v) is 16.7. The normalized spacial score (nSPS) is 26.6. The van der Waals surface area contributed by atoms with Crippen molar-refractivity contribution in [2.24, 2.45) is 0 Å². The van der Waals surface area contributed by atoms with Gasteiger partial charge in [-0.25, -0.2) is 4.79 Å². The van der Waals surface area contributed by atoms with Crippen molar-refractivity contribution in [3.63, 3.8) is 0 Å². The highest BCUT2D eigenvalue weighted by atomic mass is 16.6. The van der Waals surface area contributed by atoms with Gasteiger partial charge in [-0.2, -0.15) is 0 Å². The SMILES string of the molecule is CC(C)=C[C@H]1C[C@@H](N2C(=O)O[C@H](c3ccccc3)[C@@H]2c2ccccc2)CC(=O)O1. The van der Waals surface area contributed by atoms with Crippen LogP contribution < -0.4 is 0 Å². The van der Waals surface area contributed by atoms with E-state index in [2.05, 4.69) is 0 Å². The van der Waals surface area contributed by atoms with Crippen molar-refractivity contribution in [3.05, 3.63) is 83.4 Å². The van der Waals surface area contributed by atoms with Crippen molar-refractivity contribution in [2.75, 3.05) is 0 Å². The molecule has 2 heterocycles. The predicted octanol–water partition coefficient (Wildman–Crippen LogP) is 4.96. The van der Waals surface area contributed by atoms with E-state index in [9.17, 15) is 9.59 Å². The summed E-state index contributed by atoms with van der Waals surface area (Å²) in [6.07, 6.45) is 1.54. The van der Waals surface area contributed by atoms with Crippen LogP contribution in [0.4, 0.5) is 4.79 Å². The number of carbonyl (C=O) groups excluding carboxylic acids is 2. The lowest BCUT2D eigenvalue weighted by molar-refractivity contribution is -0.154. The molecule has 5 nitrogen and oxygen atoms in total. The summed E-state index contributed by atoms with van der Waals surface area (Å²) in [5.41, 5.74) is 3.01. The molecule has 2 saturated heterocycles. The van der Waals surface area contributed by atoms with Crippen molar-refractivity contribution < 1.29 is 19.1 Å². The molecule has 0 saturated carbocycles. The molecule has 5 heteroatoms. The summed E-state index contributed by atoms with van der Waals surface area (Å²) in [6, 6.07) is 19.1. The summed E-state index contributed by atoms with van der Waals surface area (Å²) >= 11 is 0. The summed E-state index contributed by atoms with van der Waals surface area (Å²) in [4.78, 5) is 27.1. The van der Waals surface area contributed by atoms with E-state index < -0.39 is 6.10 Å². The molecule has 2 aromatic rings. The van der Waals surface area contributed by atoms with E-state index in [4.69, 9.17) is 9.47 Å². The maximum absolute atomic E-state index is 13.0. The number of rotatable bonds is 4. The van der Waals surface area contributed by atoms with Gasteiger partial charge >= 0.3 is 12.1 Å². The quantitative estimate of drug-likeness (QED) is 0.546. The van der Waals surface area contributed by atoms with Gasteiger partial charge in [0.25, 0.3) is 0 Å². The number of hydrogen-bond acceptors (Lipinski definition) is 4. The molecule has 2 aliphatic heterocycles. The van der Waals surface area contributed by atoms with E-state index in [0.717, 1.165) is 16.7 Å². The Bertz CT molecular complexity index is 905. The van der Waals surface area contributed by atoms with E-state index in [1.54, 1.807) is 4.90 Å². The van der Waals surface area contributed by atoms with Gasteiger partial charge in [0.15, 0.2) is 6.10 Å². The predicted molar refractivity (Wildman–Crippen MR) is 109 cm³/mol. The third kappa shape index (κ3) is 4.04. The van der Waals surface area contributed by atoms with Crippen LogP contribution in [0.5, 0.6) is 0 Å². The number of benzene rings is 2. The standard InChI is InChI=1S/C24H25NO4/c1-16(2)13-20-14-19(15-21(26)28-20)25-22(17-9-5-3-6-10-17)23(29-24(25)27)18-11-7-4-8-12-18/h3-13,19-20,22-23H,14-15H2,1-2H3/t19-,20+,22+,23-/m1/s1. The maximum atomic E-state index is 13.0. The molecule has 0 aromatic heterocycles. The molecule has 0 radical (unpaired) electrons. The molecule has 0 bridgehead atoms. The Morgan fingerprint density at radius 2 is 1.55 bits per heavy atom. The second-order valence-corrected chi connectivity index (χ2v) is 7.84. The van der Waals surface area contributed by atoms with Crippen LogP contribution in [0.2, 0.25) is 0 Å². The average molecular weight is 391 g/mol. The minimum atomic E-state index is -0.425. The van der Waals surface area contributed by atoms with Crippen LogP contribution in [0.25, 0.3) is 0 Å². The number of amides is 1. The van der Waals surface area contributed by atoms with Gasteiger partial charge in [0.1, 0.15) is 12.1 Å². The highest BCUT2D eigenvalue weighted by Crippen LogP contribution is 2.45. The first kappa shape index (κ1) is 19.2. The molecule has 2 aliphatic rings. The van der Waals surface area contributed by atoms with Crippen molar-refractivity contribution in [1.29, 1.82) is 0 Å². The fourth-order valence-electron chi connectivity index (χ4n) is 4.24. The summed E-state index contributed by atoms with van der Waals surface area (Å²) in [7, 11) is 0. The molecular weight excluding hydrogens is 366 g/mol. The van der Waals surface area contributed by atoms with Crippen LogP contribution in [0, 0.1) is 0 Å². The van der Waals surface area contributed by atoms with Crippen LogP contribution in [-0.4, -0.2) is 29.1 Å². The molecule has 0 N–H and O–H groups in total. The highest BCUT2D eigenvalue weighted by Gasteiger charge is 2.48. The Hall–Kier alpha value is -3.08. The zero-order chi connectivity index (χ0) is 20.4. The van der Waals surface area contributed by atoms with Gasteiger partial charge in [-0.3, -0.25) is 9.69 Å². The minimum Gasteiger partial charge on any atom is -0.458 e. The first-order valence-electron chi connectivity index (χ1n) is 9.96. The summed E-state index contributed by atoms with van der Waals surface area (Å²) in [6.45, 7) is 3.94. The lowest BCUT2D eigenvalue weighted by atomic mass is 9.92. The monoisotopic (exact) mass is 391 g/mol. The number of ether oxygens (including phenoxy) is 2. The molecular formula is C24H25NO4. The zero-order valence-electron chi connectivity index (χ0n) is 16.7. The average Bonchev–Trinajstić information content (AvgIpc) is 3.05. The Labute approximate surface area is 170 Å². The summed E-state index contributed by atoms with van der Waals surface area (Å²) < 4.78 is 11.3. The van der Waals surface area contributed by atoms with Crippen LogP contribution in [0.15, 0.2) is 72.3 Å². The minimum absolute atomic E-state index is 0.174. The fourth-order valence-corrected chi connectivity index (χ4v) is 4.24. The van der Waals surface area contributed by atoms with Gasteiger partial charge in [0, 0.05) is 6.42 Å². The van der Waals surface area contributed by atoms with Gasteiger partial charge in [-0.15, -0.1) is 0 Å². The second-order valence-electron chi connectivity index (χ2n) is 7.84. The lowest BCUT2D eigenvalue weighted by Crippen LogP contribution is -2.45. The van der Waals surface area contributed by atoms with E-state index in [1.165, 1.54) is 0 Å². The molecule has 0 aliphatic carbocycles. The van der Waals surface area contributed by atoms with Crippen LogP contribution in [0.3, 0.4) is 0 Å². The van der Waals surface area contributed by atoms with Crippen molar-refractivity contribution in [1.82, 2.24) is 4.90 Å². The molecule has 1 amide bonds. The van der Waals surface area contributed by atoms with E-state index in [-0.39, 0.29) is 36.7 Å². The molecule has 2 aromatic carbocycles. The van der Waals surface area contributed by atoms with Crippen molar-refractivity contribution in [3.8, 4) is 0 Å². The van der Waals surface area contributed by atoms with E-state index in [0.29, 0.717) is 6.42 Å². The highest BCUT2D eigenvalue weighted by molar-refractivity contribution is 5.76. The number of hydrogen-bond donors (Lipinski definition) is 0. The van der Waals surface area contributed by atoms with E-state index >= 15 is 0 Å². The van der Waals surface area contributed by atoms with Crippen molar-refractivity contribution >= 4 is 12.1 Å². The van der Waals surface area contributed by atoms with E-state index in [1.807, 2.05) is 80.6 Å². The van der Waals surface area contributed by atoms with Gasteiger partial charge in [-0.05, 0) is 31.1 Å². The van der Waals surface area contributed by atoms with Crippen LogP contribution >= 0.6 is 0 Å². The number of allylic oxidation sites excluding steroid dienone is 1. The Morgan fingerprint density at radius 1 is 0.931 bits per heavy atom. The Morgan fingerprint density at radius 3 is 2.17 bits per heavy atom. The third-order valence-electron chi connectivity index (χ3n) is 5.40. The summed E-state index contributed by atoms with van der Waals surface area (Å²) in [5, 5.41) is 0. The second kappa shape index (κ2) is 8.11. The third-order valence-corrected chi connectivity index (χ3v) is 5.40. The van der Waals surface area contributed by atoms with Crippen LogP contribution in [0.1, 0.15) is 50.0 Å². The summed E-state index contributed by atoms with van der Waals surface area (Å²) in [5.74, 6) is -0.286. The van der Waals surface area contributed by atoms with Crippen LogP contribution in [-0.2, 0) is 14.3 Å². The molecule has 150 valence electrons. The Balaban J connectivity index is 1.71. The topological polar surface area (TPSA) is 55.8 Å². The first-order valence-corrected chi connectivity index (χ1v) is 9.96. The molecule has 0 unspecified atom stereocenters.